The molecule has 20 heavy (non-hydrogen) atoms. The Bertz CT molecular complexity index is 667. The number of carbonyl (C=O) groups excluding carboxylic acids is 2. The molecule has 0 saturated heterocycles. The lowest BCUT2D eigenvalue weighted by Crippen LogP contribution is -2.42. The molecule has 0 bridgehead atoms. The summed E-state index contributed by atoms with van der Waals surface area (Å²) in [6, 6.07) is -0.166. The molecule has 106 valence electrons. The van der Waals surface area contributed by atoms with Gasteiger partial charge in [0, 0.05) is 18.4 Å². The average molecular weight is 293 g/mol. The van der Waals surface area contributed by atoms with Gasteiger partial charge in [-0.2, -0.15) is 0 Å². The minimum atomic E-state index is -0.567. The summed E-state index contributed by atoms with van der Waals surface area (Å²) in [5.41, 5.74) is 11.9. The van der Waals surface area contributed by atoms with Crippen LogP contribution in [0.5, 0.6) is 0 Å². The zero-order valence-electron chi connectivity index (χ0n) is 11.2. The predicted octanol–water partition coefficient (Wildman–Crippen LogP) is 0.609. The van der Waals surface area contributed by atoms with Gasteiger partial charge in [0.25, 0.3) is 5.91 Å². The topological polar surface area (TPSA) is 115 Å². The number of primary amides is 1. The van der Waals surface area contributed by atoms with Crippen molar-refractivity contribution in [3.8, 4) is 0 Å². The summed E-state index contributed by atoms with van der Waals surface area (Å²) in [6.07, 6.45) is 3.06. The van der Waals surface area contributed by atoms with E-state index in [2.05, 4.69) is 9.97 Å². The number of rotatable bonds is 4. The minimum absolute atomic E-state index is 0.148. The van der Waals surface area contributed by atoms with E-state index in [1.807, 2.05) is 0 Å². The van der Waals surface area contributed by atoms with Gasteiger partial charge in [0.05, 0.1) is 12.2 Å². The first-order chi connectivity index (χ1) is 9.41. The maximum Gasteiger partial charge on any atom is 0.266 e. The molecule has 0 spiro atoms. The van der Waals surface area contributed by atoms with Crippen molar-refractivity contribution in [1.29, 1.82) is 0 Å². The first-order valence-electron chi connectivity index (χ1n) is 6.00. The second-order valence-electron chi connectivity index (χ2n) is 4.55. The molecule has 8 heteroatoms. The Balaban J connectivity index is 2.43. The molecule has 0 fully saturated rings. The van der Waals surface area contributed by atoms with Gasteiger partial charge in [-0.15, -0.1) is 11.3 Å². The molecule has 0 radical (unpaired) electrons. The van der Waals surface area contributed by atoms with E-state index < -0.39 is 5.91 Å². The van der Waals surface area contributed by atoms with Gasteiger partial charge in [-0.1, -0.05) is 0 Å². The molecule has 0 unspecified atom stereocenters. The van der Waals surface area contributed by atoms with E-state index in [9.17, 15) is 9.59 Å². The third-order valence-corrected chi connectivity index (χ3v) is 3.86. The molecule has 0 saturated carbocycles. The normalized spacial score (nSPS) is 10.9. The zero-order valence-corrected chi connectivity index (χ0v) is 12.0. The lowest BCUT2D eigenvalue weighted by molar-refractivity contribution is -0.119. The Kier molecular flexibility index (Phi) is 3.84. The fourth-order valence-corrected chi connectivity index (χ4v) is 2.77. The highest BCUT2D eigenvalue weighted by Gasteiger charge is 2.25. The van der Waals surface area contributed by atoms with E-state index in [-0.39, 0.29) is 18.5 Å². The average Bonchev–Trinajstić information content (AvgIpc) is 2.73. The largest absolute Gasteiger partial charge is 0.396 e. The Morgan fingerprint density at radius 1 is 1.35 bits per heavy atom. The first-order valence-corrected chi connectivity index (χ1v) is 6.81. The van der Waals surface area contributed by atoms with Crippen LogP contribution in [-0.4, -0.2) is 39.3 Å². The van der Waals surface area contributed by atoms with E-state index >= 15 is 0 Å². The van der Waals surface area contributed by atoms with Crippen LogP contribution in [0.4, 0.5) is 5.69 Å². The standard InChI is InChI=1S/C12H15N5O2S/c1-6(2)17(5-7(13)18)12(19)10-8(14)9-11(20-10)16-4-3-15-9/h3-4,6H,5,14H2,1-2H3,(H2,13,18). The molecule has 2 amide bonds. The van der Waals surface area contributed by atoms with Crippen LogP contribution in [0.2, 0.25) is 0 Å². The Morgan fingerprint density at radius 3 is 2.55 bits per heavy atom. The van der Waals surface area contributed by atoms with Crippen LogP contribution in [0.1, 0.15) is 23.5 Å². The maximum atomic E-state index is 12.5. The third kappa shape index (κ3) is 2.55. The Morgan fingerprint density at radius 2 is 2.00 bits per heavy atom. The molecule has 7 nitrogen and oxygen atoms in total. The Hall–Kier alpha value is -2.22. The van der Waals surface area contributed by atoms with E-state index in [0.717, 1.165) is 11.3 Å². The van der Waals surface area contributed by atoms with Crippen molar-refractivity contribution in [2.75, 3.05) is 12.3 Å². The van der Waals surface area contributed by atoms with E-state index in [4.69, 9.17) is 11.5 Å². The molecule has 2 aromatic rings. The number of amides is 2. The molecule has 0 aliphatic rings. The number of aromatic nitrogens is 2. The number of nitrogens with zero attached hydrogens (tertiary/aromatic N) is 3. The van der Waals surface area contributed by atoms with Crippen LogP contribution in [0.3, 0.4) is 0 Å². The molecule has 2 rings (SSSR count). The molecule has 0 aromatic carbocycles. The smallest absolute Gasteiger partial charge is 0.266 e. The number of carbonyl (C=O) groups is 2. The number of nitrogens with two attached hydrogens (primary N) is 2. The van der Waals surface area contributed by atoms with Crippen LogP contribution in [-0.2, 0) is 4.79 Å². The predicted molar refractivity (Wildman–Crippen MR) is 77.2 cm³/mol. The van der Waals surface area contributed by atoms with Gasteiger partial charge in [0.1, 0.15) is 15.2 Å². The molecular formula is C12H15N5O2S. The van der Waals surface area contributed by atoms with Crippen molar-refractivity contribution in [2.24, 2.45) is 5.73 Å². The monoisotopic (exact) mass is 293 g/mol. The van der Waals surface area contributed by atoms with Gasteiger partial charge in [-0.25, -0.2) is 9.97 Å². The SMILES string of the molecule is CC(C)N(CC(N)=O)C(=O)c1sc2nccnc2c1N. The van der Waals surface area contributed by atoms with Crippen molar-refractivity contribution < 1.29 is 9.59 Å². The molecule has 0 atom stereocenters. The summed E-state index contributed by atoms with van der Waals surface area (Å²) < 4.78 is 0. The molecular weight excluding hydrogens is 278 g/mol. The summed E-state index contributed by atoms with van der Waals surface area (Å²) in [7, 11) is 0. The molecule has 0 aliphatic heterocycles. The number of anilines is 1. The maximum absolute atomic E-state index is 12.5. The third-order valence-electron chi connectivity index (χ3n) is 2.77. The molecule has 4 N–H and O–H groups in total. The second-order valence-corrected chi connectivity index (χ2v) is 5.55. The van der Waals surface area contributed by atoms with E-state index in [1.54, 1.807) is 13.8 Å². The van der Waals surface area contributed by atoms with Crippen molar-refractivity contribution in [2.45, 2.75) is 19.9 Å². The number of fused-ring (bicyclic) bond motifs is 1. The van der Waals surface area contributed by atoms with Gasteiger partial charge in [-0.05, 0) is 13.8 Å². The highest BCUT2D eigenvalue weighted by molar-refractivity contribution is 7.21. The minimum Gasteiger partial charge on any atom is -0.396 e. The van der Waals surface area contributed by atoms with Gasteiger partial charge in [0.15, 0.2) is 0 Å². The second kappa shape index (κ2) is 5.41. The number of hydrogen-bond acceptors (Lipinski definition) is 6. The number of thiophene rings is 1. The van der Waals surface area contributed by atoms with Gasteiger partial charge < -0.3 is 16.4 Å². The highest BCUT2D eigenvalue weighted by atomic mass is 32.1. The highest BCUT2D eigenvalue weighted by Crippen LogP contribution is 2.31. The van der Waals surface area contributed by atoms with Gasteiger partial charge in [-0.3, -0.25) is 9.59 Å². The summed E-state index contributed by atoms with van der Waals surface area (Å²) in [4.78, 5) is 34.1. The first kappa shape index (κ1) is 14.2. The number of hydrogen-bond donors (Lipinski definition) is 2. The fourth-order valence-electron chi connectivity index (χ4n) is 1.79. The quantitative estimate of drug-likeness (QED) is 0.857. The lowest BCUT2D eigenvalue weighted by atomic mass is 10.2. The number of nitrogen functional groups attached to an aromatic ring is 1. The van der Waals surface area contributed by atoms with Crippen LogP contribution >= 0.6 is 11.3 Å². The summed E-state index contributed by atoms with van der Waals surface area (Å²) in [5, 5.41) is 0. The van der Waals surface area contributed by atoms with Gasteiger partial charge in [0.2, 0.25) is 5.91 Å². The Labute approximate surface area is 119 Å². The summed E-state index contributed by atoms with van der Waals surface area (Å²) >= 11 is 1.16. The lowest BCUT2D eigenvalue weighted by Gasteiger charge is -2.24. The zero-order chi connectivity index (χ0) is 14.9. The van der Waals surface area contributed by atoms with Crippen molar-refractivity contribution >= 4 is 39.2 Å². The van der Waals surface area contributed by atoms with Crippen molar-refractivity contribution in [1.82, 2.24) is 14.9 Å². The summed E-state index contributed by atoms with van der Waals surface area (Å²) in [6.45, 7) is 3.47. The summed E-state index contributed by atoms with van der Waals surface area (Å²) in [5.74, 6) is -0.899. The molecule has 2 aromatic heterocycles. The van der Waals surface area contributed by atoms with Crippen LogP contribution in [0.15, 0.2) is 12.4 Å². The van der Waals surface area contributed by atoms with Gasteiger partial charge >= 0.3 is 0 Å². The van der Waals surface area contributed by atoms with Crippen molar-refractivity contribution in [3.63, 3.8) is 0 Å². The fraction of sp³-hybridized carbons (Fsp3) is 0.333. The molecule has 0 aliphatic carbocycles. The van der Waals surface area contributed by atoms with Crippen LogP contribution < -0.4 is 11.5 Å². The van der Waals surface area contributed by atoms with Crippen LogP contribution in [0, 0.1) is 0 Å². The van der Waals surface area contributed by atoms with Crippen molar-refractivity contribution in [3.05, 3.63) is 17.3 Å². The van der Waals surface area contributed by atoms with Crippen LogP contribution in [0.25, 0.3) is 10.3 Å². The van der Waals surface area contributed by atoms with E-state index in [1.165, 1.54) is 17.3 Å². The molecule has 2 heterocycles. The van der Waals surface area contributed by atoms with E-state index in [0.29, 0.717) is 20.9 Å².